The summed E-state index contributed by atoms with van der Waals surface area (Å²) in [4.78, 5) is 12.3. The molecule has 1 aromatic heterocycles. The molecule has 0 spiro atoms. The summed E-state index contributed by atoms with van der Waals surface area (Å²) in [5.41, 5.74) is -1.19. The van der Waals surface area contributed by atoms with Crippen molar-refractivity contribution < 1.29 is 26.3 Å². The van der Waals surface area contributed by atoms with E-state index in [2.05, 4.69) is 15.0 Å². The third kappa shape index (κ3) is 3.68. The predicted octanol–water partition coefficient (Wildman–Crippen LogP) is 4.84. The third-order valence-electron chi connectivity index (χ3n) is 4.07. The van der Waals surface area contributed by atoms with Crippen molar-refractivity contribution in [1.29, 1.82) is 0 Å². The standard InChI is InChI=1S/C17H11ClF6N4/c1-8(17(22,23)24)28-15(18)10(14-11(20)4-9(19)5-12(14)21)6-27-16(28)13-7-25-2-3-26-13/h2-8,16H,1H3/t8-,16?/m0/s1. The van der Waals surface area contributed by atoms with Crippen LogP contribution in [0, 0.1) is 17.5 Å². The smallest absolute Gasteiger partial charge is 0.323 e. The Kier molecular flexibility index (Phi) is 5.33. The number of alkyl halides is 3. The zero-order chi connectivity index (χ0) is 20.6. The summed E-state index contributed by atoms with van der Waals surface area (Å²) in [6.45, 7) is 0.821. The van der Waals surface area contributed by atoms with E-state index in [0.29, 0.717) is 17.0 Å². The Morgan fingerprint density at radius 3 is 2.29 bits per heavy atom. The quantitative estimate of drug-likeness (QED) is 0.527. The number of halogens is 7. The van der Waals surface area contributed by atoms with E-state index in [1.54, 1.807) is 0 Å². The van der Waals surface area contributed by atoms with Gasteiger partial charge < -0.3 is 4.90 Å². The molecule has 1 aliphatic rings. The van der Waals surface area contributed by atoms with Crippen molar-refractivity contribution in [1.82, 2.24) is 14.9 Å². The zero-order valence-corrected chi connectivity index (χ0v) is 14.8. The van der Waals surface area contributed by atoms with Gasteiger partial charge in [-0.15, -0.1) is 0 Å². The van der Waals surface area contributed by atoms with E-state index in [0.717, 1.165) is 13.1 Å². The molecule has 0 aliphatic carbocycles. The molecule has 0 fully saturated rings. The number of aromatic nitrogens is 2. The number of nitrogens with zero attached hydrogens (tertiary/aromatic N) is 4. The maximum Gasteiger partial charge on any atom is 0.408 e. The van der Waals surface area contributed by atoms with Crippen LogP contribution >= 0.6 is 11.6 Å². The monoisotopic (exact) mass is 420 g/mol. The number of rotatable bonds is 3. The number of aliphatic imine (C=N–C) groups is 1. The average Bonchev–Trinajstić information content (AvgIpc) is 2.61. The van der Waals surface area contributed by atoms with Crippen LogP contribution in [0.5, 0.6) is 0 Å². The molecule has 28 heavy (non-hydrogen) atoms. The molecule has 4 nitrogen and oxygen atoms in total. The summed E-state index contributed by atoms with van der Waals surface area (Å²) < 4.78 is 81.8. The molecule has 0 amide bonds. The van der Waals surface area contributed by atoms with Crippen molar-refractivity contribution in [3.05, 3.63) is 64.6 Å². The third-order valence-corrected chi connectivity index (χ3v) is 4.47. The Labute approximate surface area is 160 Å². The summed E-state index contributed by atoms with van der Waals surface area (Å²) in [6.07, 6.45) is -1.35. The van der Waals surface area contributed by atoms with Gasteiger partial charge >= 0.3 is 6.18 Å². The van der Waals surface area contributed by atoms with Gasteiger partial charge in [0.05, 0.1) is 11.8 Å². The van der Waals surface area contributed by atoms with Crippen LogP contribution in [0.4, 0.5) is 26.3 Å². The Morgan fingerprint density at radius 1 is 1.11 bits per heavy atom. The van der Waals surface area contributed by atoms with Gasteiger partial charge in [0, 0.05) is 36.3 Å². The van der Waals surface area contributed by atoms with E-state index in [1.807, 2.05) is 0 Å². The molecular weight excluding hydrogens is 410 g/mol. The molecule has 1 aliphatic heterocycles. The van der Waals surface area contributed by atoms with Gasteiger partial charge in [-0.1, -0.05) is 11.6 Å². The van der Waals surface area contributed by atoms with Crippen molar-refractivity contribution in [2.24, 2.45) is 4.99 Å². The van der Waals surface area contributed by atoms with Crippen molar-refractivity contribution in [3.63, 3.8) is 0 Å². The highest BCUT2D eigenvalue weighted by molar-refractivity contribution is 6.37. The number of hydrogen-bond donors (Lipinski definition) is 0. The molecule has 148 valence electrons. The van der Waals surface area contributed by atoms with Crippen LogP contribution in [0.2, 0.25) is 0 Å². The second kappa shape index (κ2) is 7.42. The van der Waals surface area contributed by atoms with Crippen LogP contribution in [0.1, 0.15) is 24.3 Å². The lowest BCUT2D eigenvalue weighted by molar-refractivity contribution is -0.178. The van der Waals surface area contributed by atoms with Crippen LogP contribution in [-0.4, -0.2) is 33.3 Å². The highest BCUT2D eigenvalue weighted by atomic mass is 35.5. The SMILES string of the molecule is C[C@H](N1C(Cl)=C(c2c(F)cc(F)cc2F)C=NC1c1cnccn1)C(F)(F)F. The first-order chi connectivity index (χ1) is 13.1. The zero-order valence-electron chi connectivity index (χ0n) is 14.1. The second-order valence-corrected chi connectivity index (χ2v) is 6.21. The van der Waals surface area contributed by atoms with Crippen molar-refractivity contribution in [2.45, 2.75) is 25.3 Å². The number of hydrogen-bond acceptors (Lipinski definition) is 4. The van der Waals surface area contributed by atoms with E-state index in [4.69, 9.17) is 11.6 Å². The molecular formula is C17H11ClF6N4. The van der Waals surface area contributed by atoms with Crippen LogP contribution in [0.15, 0.2) is 40.9 Å². The van der Waals surface area contributed by atoms with Crippen LogP contribution < -0.4 is 0 Å². The molecule has 0 radical (unpaired) electrons. The molecule has 1 aromatic carbocycles. The summed E-state index contributed by atoms with van der Waals surface area (Å²) in [5, 5.41) is -0.611. The normalized spacial score (nSPS) is 18.6. The summed E-state index contributed by atoms with van der Waals surface area (Å²) >= 11 is 6.15. The minimum Gasteiger partial charge on any atom is -0.323 e. The molecule has 0 saturated carbocycles. The van der Waals surface area contributed by atoms with Gasteiger partial charge in [0.2, 0.25) is 0 Å². The second-order valence-electron chi connectivity index (χ2n) is 5.86. The summed E-state index contributed by atoms with van der Waals surface area (Å²) in [5.74, 6) is -3.83. The molecule has 2 atom stereocenters. The largest absolute Gasteiger partial charge is 0.408 e. The van der Waals surface area contributed by atoms with Gasteiger partial charge in [-0.05, 0) is 6.92 Å². The maximum absolute atomic E-state index is 14.2. The van der Waals surface area contributed by atoms with Gasteiger partial charge in [-0.2, -0.15) is 13.2 Å². The first-order valence-corrected chi connectivity index (χ1v) is 8.18. The lowest BCUT2D eigenvalue weighted by atomic mass is 10.0. The van der Waals surface area contributed by atoms with Gasteiger partial charge in [0.25, 0.3) is 0 Å². The summed E-state index contributed by atoms with van der Waals surface area (Å²) in [7, 11) is 0. The van der Waals surface area contributed by atoms with Gasteiger partial charge in [0.1, 0.15) is 34.3 Å². The molecule has 0 bridgehead atoms. The van der Waals surface area contributed by atoms with Crippen molar-refractivity contribution in [2.75, 3.05) is 0 Å². The predicted molar refractivity (Wildman–Crippen MR) is 89.7 cm³/mol. The Hall–Kier alpha value is -2.62. The van der Waals surface area contributed by atoms with E-state index >= 15 is 0 Å². The molecule has 0 N–H and O–H groups in total. The fourth-order valence-corrected chi connectivity index (χ4v) is 3.07. The minimum atomic E-state index is -4.74. The van der Waals surface area contributed by atoms with E-state index in [1.165, 1.54) is 18.6 Å². The van der Waals surface area contributed by atoms with Gasteiger partial charge in [-0.25, -0.2) is 13.2 Å². The Morgan fingerprint density at radius 2 is 1.75 bits per heavy atom. The van der Waals surface area contributed by atoms with E-state index in [-0.39, 0.29) is 5.69 Å². The maximum atomic E-state index is 14.2. The average molecular weight is 421 g/mol. The molecule has 0 saturated heterocycles. The van der Waals surface area contributed by atoms with Crippen molar-refractivity contribution >= 4 is 23.4 Å². The van der Waals surface area contributed by atoms with E-state index < -0.39 is 52.1 Å². The Bertz CT molecular complexity index is 921. The fourth-order valence-electron chi connectivity index (χ4n) is 2.69. The van der Waals surface area contributed by atoms with Crippen molar-refractivity contribution in [3.8, 4) is 0 Å². The first kappa shape index (κ1) is 20.1. The molecule has 3 rings (SSSR count). The minimum absolute atomic E-state index is 0.0482. The first-order valence-electron chi connectivity index (χ1n) is 7.80. The lowest BCUT2D eigenvalue weighted by Gasteiger charge is -2.38. The summed E-state index contributed by atoms with van der Waals surface area (Å²) in [6, 6.07) is -1.38. The highest BCUT2D eigenvalue weighted by Gasteiger charge is 2.45. The highest BCUT2D eigenvalue weighted by Crippen LogP contribution is 2.41. The van der Waals surface area contributed by atoms with Gasteiger partial charge in [-0.3, -0.25) is 15.0 Å². The lowest BCUT2D eigenvalue weighted by Crippen LogP contribution is -2.45. The molecule has 11 heteroatoms. The fraction of sp³-hybridized carbons (Fsp3) is 0.235. The Balaban J connectivity index is 2.18. The number of allylic oxidation sites excluding steroid dienone is 1. The van der Waals surface area contributed by atoms with Crippen LogP contribution in [-0.2, 0) is 0 Å². The van der Waals surface area contributed by atoms with Crippen LogP contribution in [0.3, 0.4) is 0 Å². The van der Waals surface area contributed by atoms with Crippen LogP contribution in [0.25, 0.3) is 5.57 Å². The molecule has 2 heterocycles. The number of benzene rings is 1. The molecule has 2 aromatic rings. The molecule has 1 unspecified atom stereocenters. The van der Waals surface area contributed by atoms with E-state index in [9.17, 15) is 26.3 Å². The van der Waals surface area contributed by atoms with Gasteiger partial charge in [0.15, 0.2) is 6.17 Å². The topological polar surface area (TPSA) is 41.4 Å².